The fourth-order valence-corrected chi connectivity index (χ4v) is 3.78. The van der Waals surface area contributed by atoms with E-state index < -0.39 is 5.97 Å². The molecule has 0 fully saturated rings. The Morgan fingerprint density at radius 3 is 2.71 bits per heavy atom. The summed E-state index contributed by atoms with van der Waals surface area (Å²) in [6.45, 7) is 4.21. The first-order valence-corrected chi connectivity index (χ1v) is 8.52. The van der Waals surface area contributed by atoms with Gasteiger partial charge in [0.2, 0.25) is 5.16 Å². The number of carboxylic acid groups (broad SMARTS) is 1. The third-order valence-corrected chi connectivity index (χ3v) is 5.51. The van der Waals surface area contributed by atoms with Crippen molar-refractivity contribution >= 4 is 29.1 Å². The van der Waals surface area contributed by atoms with Crippen molar-refractivity contribution in [2.24, 2.45) is 0 Å². The van der Waals surface area contributed by atoms with Gasteiger partial charge >= 0.3 is 5.97 Å². The maximum atomic E-state index is 10.8. The van der Waals surface area contributed by atoms with Gasteiger partial charge in [-0.1, -0.05) is 25.6 Å². The van der Waals surface area contributed by atoms with Gasteiger partial charge in [-0.2, -0.15) is 0 Å². The van der Waals surface area contributed by atoms with Crippen LogP contribution in [0.3, 0.4) is 0 Å². The van der Waals surface area contributed by atoms with Crippen molar-refractivity contribution in [1.82, 2.24) is 14.9 Å². The Kier molecular flexibility index (Phi) is 5.24. The second-order valence-corrected chi connectivity index (χ2v) is 6.69. The van der Waals surface area contributed by atoms with Crippen molar-refractivity contribution < 1.29 is 9.90 Å². The molecule has 0 saturated heterocycles. The van der Waals surface area contributed by atoms with Crippen molar-refractivity contribution in [2.45, 2.75) is 43.5 Å². The number of carbonyl (C=O) groups is 1. The summed E-state index contributed by atoms with van der Waals surface area (Å²) in [5, 5.41) is 17.9. The minimum atomic E-state index is -0.894. The fraction of sp³-hybridized carbons (Fsp3) is 0.462. The molecular formula is C13H18N4O2S2. The first kappa shape index (κ1) is 15.8. The normalized spacial score (nSPS) is 11.2. The summed E-state index contributed by atoms with van der Waals surface area (Å²) >= 11 is 2.74. The lowest BCUT2D eigenvalue weighted by atomic mass is 10.0. The van der Waals surface area contributed by atoms with Crippen LogP contribution in [0.1, 0.15) is 53.0 Å². The van der Waals surface area contributed by atoms with Crippen LogP contribution in [0, 0.1) is 0 Å². The number of thioether (sulfide) groups is 1. The lowest BCUT2D eigenvalue weighted by molar-refractivity contribution is 0.0702. The molecule has 2 aromatic heterocycles. The molecule has 0 bridgehead atoms. The number of nitrogens with zero attached hydrogens (tertiary/aromatic N) is 3. The lowest BCUT2D eigenvalue weighted by Crippen LogP contribution is -2.16. The minimum absolute atomic E-state index is 0.317. The molecule has 0 aromatic carbocycles. The van der Waals surface area contributed by atoms with Crippen LogP contribution in [-0.4, -0.2) is 25.9 Å². The number of nitrogens with two attached hydrogens (primary N) is 1. The Labute approximate surface area is 131 Å². The van der Waals surface area contributed by atoms with E-state index in [1.807, 2.05) is 6.07 Å². The molecule has 21 heavy (non-hydrogen) atoms. The Morgan fingerprint density at radius 2 is 2.14 bits per heavy atom. The number of rotatable bonds is 7. The lowest BCUT2D eigenvalue weighted by Gasteiger charge is -2.10. The summed E-state index contributed by atoms with van der Waals surface area (Å²) in [5.74, 6) is 6.92. The van der Waals surface area contributed by atoms with Gasteiger partial charge in [0, 0.05) is 16.5 Å². The van der Waals surface area contributed by atoms with Gasteiger partial charge in [-0.05, 0) is 25.0 Å². The van der Waals surface area contributed by atoms with Crippen LogP contribution in [0.15, 0.2) is 17.3 Å². The molecule has 6 nitrogen and oxygen atoms in total. The molecule has 0 spiro atoms. The predicted octanol–water partition coefficient (Wildman–Crippen LogP) is 2.95. The maximum Gasteiger partial charge on any atom is 0.345 e. The number of carboxylic acids is 1. The smallest absolute Gasteiger partial charge is 0.345 e. The molecule has 2 rings (SSSR count). The van der Waals surface area contributed by atoms with Crippen LogP contribution >= 0.6 is 23.1 Å². The van der Waals surface area contributed by atoms with Crippen LogP contribution in [0.5, 0.6) is 0 Å². The van der Waals surface area contributed by atoms with Crippen molar-refractivity contribution in [2.75, 3.05) is 5.84 Å². The number of hydrogen-bond acceptors (Lipinski definition) is 6. The van der Waals surface area contributed by atoms with Crippen LogP contribution in [0.2, 0.25) is 0 Å². The van der Waals surface area contributed by atoms with Crippen LogP contribution < -0.4 is 5.84 Å². The third-order valence-electron chi connectivity index (χ3n) is 3.26. The predicted molar refractivity (Wildman–Crippen MR) is 84.3 cm³/mol. The molecule has 0 aliphatic carbocycles. The quantitative estimate of drug-likeness (QED) is 0.600. The molecule has 8 heteroatoms. The van der Waals surface area contributed by atoms with Crippen LogP contribution in [-0.2, 0) is 5.75 Å². The van der Waals surface area contributed by atoms with E-state index in [0.29, 0.717) is 21.7 Å². The summed E-state index contributed by atoms with van der Waals surface area (Å²) in [4.78, 5) is 12.2. The van der Waals surface area contributed by atoms with E-state index in [1.54, 1.807) is 10.7 Å². The van der Waals surface area contributed by atoms with E-state index in [1.165, 1.54) is 23.1 Å². The highest BCUT2D eigenvalue weighted by Crippen LogP contribution is 2.28. The largest absolute Gasteiger partial charge is 0.477 e. The molecule has 0 aliphatic rings. The van der Waals surface area contributed by atoms with Gasteiger partial charge in [0.25, 0.3) is 0 Å². The van der Waals surface area contributed by atoms with E-state index >= 15 is 0 Å². The zero-order valence-corrected chi connectivity index (χ0v) is 13.6. The van der Waals surface area contributed by atoms with E-state index in [4.69, 9.17) is 10.9 Å². The zero-order chi connectivity index (χ0) is 15.4. The second-order valence-electron chi connectivity index (χ2n) is 4.58. The molecule has 0 unspecified atom stereocenters. The van der Waals surface area contributed by atoms with Crippen LogP contribution in [0.4, 0.5) is 0 Å². The minimum Gasteiger partial charge on any atom is -0.477 e. The number of hydrogen-bond donors (Lipinski definition) is 2. The Hall–Kier alpha value is -1.54. The molecule has 2 heterocycles. The molecule has 0 aliphatic heterocycles. The van der Waals surface area contributed by atoms with Gasteiger partial charge < -0.3 is 10.9 Å². The summed E-state index contributed by atoms with van der Waals surface area (Å²) in [7, 11) is 0. The molecule has 114 valence electrons. The van der Waals surface area contributed by atoms with Gasteiger partial charge in [0.15, 0.2) is 5.82 Å². The molecule has 0 saturated carbocycles. The van der Waals surface area contributed by atoms with E-state index in [9.17, 15) is 4.79 Å². The SMILES string of the molecule is CCC(CC)c1nnc(SCc2ccc(C(=O)O)s2)n1N. The average Bonchev–Trinajstić information content (AvgIpc) is 3.07. The van der Waals surface area contributed by atoms with Gasteiger partial charge in [-0.25, -0.2) is 9.47 Å². The molecule has 0 radical (unpaired) electrons. The van der Waals surface area contributed by atoms with Crippen molar-refractivity contribution in [1.29, 1.82) is 0 Å². The Bertz CT molecular complexity index is 619. The molecule has 0 atom stereocenters. The highest BCUT2D eigenvalue weighted by Gasteiger charge is 2.17. The number of thiophene rings is 1. The summed E-state index contributed by atoms with van der Waals surface area (Å²) in [6.07, 6.45) is 1.95. The standard InChI is InChI=1S/C13H18N4O2S2/c1-3-8(4-2)11-15-16-13(17(11)14)20-7-9-5-6-10(21-9)12(18)19/h5-6,8H,3-4,7,14H2,1-2H3,(H,18,19). The third kappa shape index (κ3) is 3.56. The van der Waals surface area contributed by atoms with E-state index in [0.717, 1.165) is 23.5 Å². The monoisotopic (exact) mass is 326 g/mol. The zero-order valence-electron chi connectivity index (χ0n) is 11.9. The highest BCUT2D eigenvalue weighted by atomic mass is 32.2. The molecular weight excluding hydrogens is 308 g/mol. The van der Waals surface area contributed by atoms with Crippen molar-refractivity contribution in [3.05, 3.63) is 27.7 Å². The Balaban J connectivity index is 2.04. The maximum absolute atomic E-state index is 10.8. The number of aromatic nitrogens is 3. The van der Waals surface area contributed by atoms with Gasteiger partial charge in [0.05, 0.1) is 0 Å². The number of aromatic carboxylic acids is 1. The first-order chi connectivity index (χ1) is 10.1. The van der Waals surface area contributed by atoms with Gasteiger partial charge in [0.1, 0.15) is 4.88 Å². The Morgan fingerprint density at radius 1 is 1.43 bits per heavy atom. The summed E-state index contributed by atoms with van der Waals surface area (Å²) in [5.41, 5.74) is 0. The average molecular weight is 326 g/mol. The van der Waals surface area contributed by atoms with E-state index in [2.05, 4.69) is 24.0 Å². The van der Waals surface area contributed by atoms with Crippen LogP contribution in [0.25, 0.3) is 0 Å². The molecule has 0 amide bonds. The summed E-state index contributed by atoms with van der Waals surface area (Å²) < 4.78 is 1.55. The highest BCUT2D eigenvalue weighted by molar-refractivity contribution is 7.98. The van der Waals surface area contributed by atoms with Gasteiger partial charge in [-0.3, -0.25) is 0 Å². The summed E-state index contributed by atoms with van der Waals surface area (Å²) in [6, 6.07) is 3.44. The fourth-order valence-electron chi connectivity index (χ4n) is 2.03. The molecule has 2 aromatic rings. The molecule has 3 N–H and O–H groups in total. The van der Waals surface area contributed by atoms with Crippen molar-refractivity contribution in [3.8, 4) is 0 Å². The topological polar surface area (TPSA) is 94.0 Å². The first-order valence-electron chi connectivity index (χ1n) is 6.72. The second kappa shape index (κ2) is 6.95. The number of nitrogen functional groups attached to an aromatic ring is 1. The van der Waals surface area contributed by atoms with Crippen molar-refractivity contribution in [3.63, 3.8) is 0 Å². The van der Waals surface area contributed by atoms with Gasteiger partial charge in [-0.15, -0.1) is 21.5 Å². The van der Waals surface area contributed by atoms with E-state index in [-0.39, 0.29) is 0 Å².